The number of aromatic nitrogens is 3. The Morgan fingerprint density at radius 1 is 1.15 bits per heavy atom. The molecule has 3 heterocycles. The van der Waals surface area contributed by atoms with Crippen molar-refractivity contribution in [2.45, 2.75) is 45.6 Å². The molecule has 212 valence electrons. The number of amides is 1. The molecule has 3 N–H and O–H groups in total. The van der Waals surface area contributed by atoms with E-state index in [1.54, 1.807) is 18.1 Å². The number of aliphatic hydroxyl groups is 1. The topological polar surface area (TPSA) is 94.8 Å². The molecule has 0 unspecified atom stereocenters. The van der Waals surface area contributed by atoms with Gasteiger partial charge >= 0.3 is 0 Å². The van der Waals surface area contributed by atoms with Gasteiger partial charge < -0.3 is 20.6 Å². The Hall–Kier alpha value is -3.89. The van der Waals surface area contributed by atoms with Gasteiger partial charge in [-0.2, -0.15) is 0 Å². The van der Waals surface area contributed by atoms with Crippen molar-refractivity contribution in [3.05, 3.63) is 77.7 Å². The number of carbonyl (C=O) groups is 1. The van der Waals surface area contributed by atoms with E-state index < -0.39 is 12.0 Å². The van der Waals surface area contributed by atoms with E-state index in [9.17, 15) is 18.7 Å². The molecule has 0 radical (unpaired) electrons. The fourth-order valence-corrected chi connectivity index (χ4v) is 4.83. The molecule has 1 aliphatic heterocycles. The largest absolute Gasteiger partial charge is 0.388 e. The molecule has 4 aromatic rings. The number of imidazole rings is 1. The second kappa shape index (κ2) is 12.5. The number of fused-ring (bicyclic) bond motifs is 1. The van der Waals surface area contributed by atoms with Crippen LogP contribution >= 0.6 is 0 Å². The first-order valence-corrected chi connectivity index (χ1v) is 13.3. The minimum absolute atomic E-state index is 0.0952. The van der Waals surface area contributed by atoms with Gasteiger partial charge in [-0.1, -0.05) is 29.8 Å². The fraction of sp³-hybridized carbons (Fsp3) is 0.367. The molecule has 0 spiro atoms. The predicted molar refractivity (Wildman–Crippen MR) is 153 cm³/mol. The number of aryl methyl sites for hydroxylation is 2. The molecule has 1 saturated heterocycles. The van der Waals surface area contributed by atoms with Crippen molar-refractivity contribution in [2.24, 2.45) is 0 Å². The third-order valence-corrected chi connectivity index (χ3v) is 6.91. The number of hydrogen-bond donors (Lipinski definition) is 3. The highest BCUT2D eigenvalue weighted by Crippen LogP contribution is 2.27. The Balaban J connectivity index is 0.000000867. The maximum atomic E-state index is 13.1. The molecule has 2 aromatic heterocycles. The van der Waals surface area contributed by atoms with Crippen LogP contribution in [0, 0.1) is 13.8 Å². The summed E-state index contributed by atoms with van der Waals surface area (Å²) >= 11 is 0. The van der Waals surface area contributed by atoms with Crippen molar-refractivity contribution in [3.8, 4) is 11.3 Å². The van der Waals surface area contributed by atoms with Crippen molar-refractivity contribution in [1.82, 2.24) is 24.6 Å². The Labute approximate surface area is 233 Å². The zero-order valence-electron chi connectivity index (χ0n) is 23.3. The van der Waals surface area contributed by atoms with E-state index in [2.05, 4.69) is 51.8 Å². The van der Waals surface area contributed by atoms with E-state index in [4.69, 9.17) is 0 Å². The van der Waals surface area contributed by atoms with Crippen molar-refractivity contribution in [2.75, 3.05) is 32.0 Å². The van der Waals surface area contributed by atoms with Crippen molar-refractivity contribution < 1.29 is 18.7 Å². The van der Waals surface area contributed by atoms with Crippen LogP contribution in [0.15, 0.2) is 61.1 Å². The lowest BCUT2D eigenvalue weighted by Gasteiger charge is -2.36. The lowest BCUT2D eigenvalue weighted by molar-refractivity contribution is -0.0125. The first kappa shape index (κ1) is 29.1. The normalized spacial score (nSPS) is 14.5. The number of rotatable bonds is 6. The van der Waals surface area contributed by atoms with Gasteiger partial charge in [0, 0.05) is 42.8 Å². The highest BCUT2D eigenvalue weighted by molar-refractivity contribution is 5.96. The number of halogens is 2. The fourth-order valence-electron chi connectivity index (χ4n) is 4.83. The maximum absolute atomic E-state index is 13.1. The second-order valence-corrected chi connectivity index (χ2v) is 10.3. The number of carbonyl (C=O) groups excluding carboxylic acids is 1. The van der Waals surface area contributed by atoms with Crippen LogP contribution in [0.4, 0.5) is 20.3 Å². The first-order valence-electron chi connectivity index (χ1n) is 13.3. The SMILES string of the molecule is CC(F)F.Cc1ccc(-c2cnc3c(Nc4ccc(C(=O)N(C)CC5(O)CCNCC5)c(C)c4)nccn23)cc1. The Bertz CT molecular complexity index is 1450. The minimum atomic E-state index is -2.17. The van der Waals surface area contributed by atoms with Crippen LogP contribution in [0.5, 0.6) is 0 Å². The summed E-state index contributed by atoms with van der Waals surface area (Å²) in [5.74, 6) is 0.543. The smallest absolute Gasteiger partial charge is 0.253 e. The quantitative estimate of drug-likeness (QED) is 0.305. The number of benzene rings is 2. The monoisotopic (exact) mass is 550 g/mol. The maximum Gasteiger partial charge on any atom is 0.253 e. The Kier molecular flexibility index (Phi) is 9.11. The van der Waals surface area contributed by atoms with Crippen LogP contribution in [-0.4, -0.2) is 69.0 Å². The lowest BCUT2D eigenvalue weighted by Crippen LogP contribution is -2.50. The zero-order valence-corrected chi connectivity index (χ0v) is 23.3. The number of likely N-dealkylation sites (N-methyl/N-ethyl adjacent to an activating group) is 1. The van der Waals surface area contributed by atoms with Gasteiger partial charge in [0.05, 0.1) is 17.5 Å². The number of nitrogens with zero attached hydrogens (tertiary/aromatic N) is 4. The third kappa shape index (κ3) is 7.00. The molecule has 5 rings (SSSR count). The average Bonchev–Trinajstić information content (AvgIpc) is 3.34. The van der Waals surface area contributed by atoms with Gasteiger partial charge in [0.15, 0.2) is 11.5 Å². The molecule has 1 amide bonds. The molecule has 1 aliphatic rings. The van der Waals surface area contributed by atoms with Crippen LogP contribution < -0.4 is 10.6 Å². The molecule has 0 atom stereocenters. The van der Waals surface area contributed by atoms with Gasteiger partial charge in [0.25, 0.3) is 5.91 Å². The molecule has 10 heteroatoms. The van der Waals surface area contributed by atoms with E-state index in [1.807, 2.05) is 41.9 Å². The highest BCUT2D eigenvalue weighted by Gasteiger charge is 2.32. The number of nitrogens with one attached hydrogen (secondary N) is 2. The minimum Gasteiger partial charge on any atom is -0.388 e. The van der Waals surface area contributed by atoms with Gasteiger partial charge in [-0.15, -0.1) is 0 Å². The average molecular weight is 551 g/mol. The number of anilines is 2. The summed E-state index contributed by atoms with van der Waals surface area (Å²) in [6.45, 7) is 6.68. The van der Waals surface area contributed by atoms with Crippen LogP contribution in [0.1, 0.15) is 41.3 Å². The summed E-state index contributed by atoms with van der Waals surface area (Å²) in [6, 6.07) is 14.0. The van der Waals surface area contributed by atoms with E-state index in [-0.39, 0.29) is 5.91 Å². The van der Waals surface area contributed by atoms with E-state index >= 15 is 0 Å². The third-order valence-electron chi connectivity index (χ3n) is 6.91. The standard InChI is InChI=1S/C28H32N6O2.C2H4F2/c1-19-4-6-21(7-5-19)24-17-31-26-25(30-14-15-34(24)26)32-22-8-9-23(20(2)16-22)27(35)33(3)18-28(36)10-12-29-13-11-28;1-2(3)4/h4-9,14-17,29,36H,10-13,18H2,1-3H3,(H,30,32);2H,1H3. The van der Waals surface area contributed by atoms with Crippen molar-refractivity contribution in [1.29, 1.82) is 0 Å². The number of alkyl halides is 2. The predicted octanol–water partition coefficient (Wildman–Crippen LogP) is 5.21. The summed E-state index contributed by atoms with van der Waals surface area (Å²) in [7, 11) is 1.75. The van der Waals surface area contributed by atoms with Crippen LogP contribution in [0.3, 0.4) is 0 Å². The van der Waals surface area contributed by atoms with Crippen molar-refractivity contribution in [3.63, 3.8) is 0 Å². The zero-order chi connectivity index (χ0) is 28.9. The van der Waals surface area contributed by atoms with Crippen LogP contribution in [-0.2, 0) is 0 Å². The molecular weight excluding hydrogens is 514 g/mol. The number of hydrogen-bond acceptors (Lipinski definition) is 6. The van der Waals surface area contributed by atoms with Crippen molar-refractivity contribution >= 4 is 23.1 Å². The second-order valence-electron chi connectivity index (χ2n) is 10.3. The van der Waals surface area contributed by atoms with Gasteiger partial charge in [-0.25, -0.2) is 18.7 Å². The Morgan fingerprint density at radius 2 is 1.82 bits per heavy atom. The van der Waals surface area contributed by atoms with Crippen LogP contribution in [0.25, 0.3) is 16.9 Å². The van der Waals surface area contributed by atoms with Gasteiger partial charge in [0.1, 0.15) is 0 Å². The van der Waals surface area contributed by atoms with Gasteiger partial charge in [0.2, 0.25) is 6.43 Å². The molecule has 0 bridgehead atoms. The Morgan fingerprint density at radius 3 is 2.48 bits per heavy atom. The van der Waals surface area contributed by atoms with Gasteiger partial charge in [-0.3, -0.25) is 9.20 Å². The lowest BCUT2D eigenvalue weighted by atomic mass is 9.91. The molecule has 1 fully saturated rings. The molecule has 2 aromatic carbocycles. The molecule has 0 saturated carbocycles. The van der Waals surface area contributed by atoms with Gasteiger partial charge in [-0.05, 0) is 70.5 Å². The molecular formula is C30H36F2N6O2. The van der Waals surface area contributed by atoms with E-state index in [0.717, 1.165) is 48.2 Å². The summed E-state index contributed by atoms with van der Waals surface area (Å²) in [5, 5.41) is 17.4. The molecule has 40 heavy (non-hydrogen) atoms. The summed E-state index contributed by atoms with van der Waals surface area (Å²) in [6.07, 6.45) is 4.63. The number of piperidine rings is 1. The highest BCUT2D eigenvalue weighted by atomic mass is 19.3. The summed E-state index contributed by atoms with van der Waals surface area (Å²) in [4.78, 5) is 23.9. The first-order chi connectivity index (χ1) is 19.1. The summed E-state index contributed by atoms with van der Waals surface area (Å²) in [5.41, 5.74) is 5.47. The van der Waals surface area contributed by atoms with E-state index in [0.29, 0.717) is 30.8 Å². The molecule has 8 nitrogen and oxygen atoms in total. The molecule has 0 aliphatic carbocycles. The van der Waals surface area contributed by atoms with Crippen LogP contribution in [0.2, 0.25) is 0 Å². The van der Waals surface area contributed by atoms with E-state index in [1.165, 1.54) is 5.56 Å². The summed E-state index contributed by atoms with van der Waals surface area (Å²) < 4.78 is 22.7.